The van der Waals surface area contributed by atoms with E-state index in [1.54, 1.807) is 0 Å². The highest BCUT2D eigenvalue weighted by atomic mass is 19.4. The van der Waals surface area contributed by atoms with E-state index in [0.29, 0.717) is 12.6 Å². The molecule has 1 aliphatic heterocycles. The third-order valence-electron chi connectivity index (χ3n) is 3.33. The van der Waals surface area contributed by atoms with Gasteiger partial charge in [0.2, 0.25) is 0 Å². The van der Waals surface area contributed by atoms with Crippen LogP contribution in [0, 0.1) is 0 Å². The second kappa shape index (κ2) is 6.73. The van der Waals surface area contributed by atoms with Gasteiger partial charge in [-0.25, -0.2) is 0 Å². The summed E-state index contributed by atoms with van der Waals surface area (Å²) in [6.45, 7) is 3.46. The van der Waals surface area contributed by atoms with Crippen molar-refractivity contribution in [3.05, 3.63) is 0 Å². The van der Waals surface area contributed by atoms with Crippen LogP contribution in [0.1, 0.15) is 19.8 Å². The predicted octanol–water partition coefficient (Wildman–Crippen LogP) is 1.55. The number of rotatable bonds is 6. The van der Waals surface area contributed by atoms with Crippen molar-refractivity contribution in [2.24, 2.45) is 0 Å². The third-order valence-corrected chi connectivity index (χ3v) is 3.33. The number of alkyl halides is 3. The van der Waals surface area contributed by atoms with Crippen molar-refractivity contribution in [3.63, 3.8) is 0 Å². The molecule has 1 rings (SSSR count). The van der Waals surface area contributed by atoms with Crippen LogP contribution in [0.25, 0.3) is 0 Å². The zero-order chi connectivity index (χ0) is 13.8. The van der Waals surface area contributed by atoms with Crippen LogP contribution in [-0.4, -0.2) is 68.3 Å². The minimum Gasteiger partial charge on any atom is -0.308 e. The Morgan fingerprint density at radius 1 is 1.39 bits per heavy atom. The maximum absolute atomic E-state index is 12.0. The van der Waals surface area contributed by atoms with Crippen molar-refractivity contribution in [3.8, 4) is 0 Å². The highest BCUT2D eigenvalue weighted by molar-refractivity contribution is 4.85. The van der Waals surface area contributed by atoms with Crippen LogP contribution in [0.2, 0.25) is 0 Å². The normalized spacial score (nSPS) is 23.8. The molecule has 6 heteroatoms. The molecule has 1 fully saturated rings. The number of halogens is 3. The van der Waals surface area contributed by atoms with Crippen molar-refractivity contribution < 1.29 is 13.2 Å². The van der Waals surface area contributed by atoms with E-state index in [4.69, 9.17) is 0 Å². The minimum absolute atomic E-state index is 0.153. The molecular weight excluding hydrogens is 243 g/mol. The van der Waals surface area contributed by atoms with Crippen LogP contribution < -0.4 is 5.32 Å². The second-order valence-corrected chi connectivity index (χ2v) is 5.39. The van der Waals surface area contributed by atoms with Crippen LogP contribution in [-0.2, 0) is 0 Å². The molecule has 3 nitrogen and oxygen atoms in total. The summed E-state index contributed by atoms with van der Waals surface area (Å²) in [5, 5.41) is 2.50. The molecule has 1 aliphatic rings. The van der Waals surface area contributed by atoms with Gasteiger partial charge in [0.05, 0.1) is 6.54 Å². The van der Waals surface area contributed by atoms with E-state index in [-0.39, 0.29) is 6.04 Å². The summed E-state index contributed by atoms with van der Waals surface area (Å²) in [5.41, 5.74) is 0. The summed E-state index contributed by atoms with van der Waals surface area (Å²) in [4.78, 5) is 4.46. The largest absolute Gasteiger partial charge is 0.401 e. The van der Waals surface area contributed by atoms with Gasteiger partial charge in [-0.3, -0.25) is 4.90 Å². The molecule has 0 amide bonds. The highest BCUT2D eigenvalue weighted by Gasteiger charge is 2.30. The van der Waals surface area contributed by atoms with Gasteiger partial charge in [-0.2, -0.15) is 13.2 Å². The SMILES string of the molecule is CC(CNCC(F)(F)F)N1CCCC1CN(C)C. The molecule has 18 heavy (non-hydrogen) atoms. The van der Waals surface area contributed by atoms with E-state index in [1.807, 2.05) is 21.0 Å². The van der Waals surface area contributed by atoms with Crippen LogP contribution in [0.15, 0.2) is 0 Å². The van der Waals surface area contributed by atoms with Crippen molar-refractivity contribution in [2.45, 2.75) is 38.0 Å². The first-order valence-corrected chi connectivity index (χ1v) is 6.47. The first-order chi connectivity index (χ1) is 8.29. The first kappa shape index (κ1) is 15.7. The molecule has 0 radical (unpaired) electrons. The number of hydrogen-bond donors (Lipinski definition) is 1. The van der Waals surface area contributed by atoms with Crippen molar-refractivity contribution in [2.75, 3.05) is 40.3 Å². The van der Waals surface area contributed by atoms with Gasteiger partial charge < -0.3 is 10.2 Å². The molecule has 1 heterocycles. The number of likely N-dealkylation sites (N-methyl/N-ethyl adjacent to an activating group) is 1. The number of hydrogen-bond acceptors (Lipinski definition) is 3. The second-order valence-electron chi connectivity index (χ2n) is 5.39. The number of nitrogens with zero attached hydrogens (tertiary/aromatic N) is 2. The van der Waals surface area contributed by atoms with Gasteiger partial charge in [-0.05, 0) is 40.4 Å². The molecule has 2 atom stereocenters. The van der Waals surface area contributed by atoms with E-state index < -0.39 is 12.7 Å². The average molecular weight is 267 g/mol. The Morgan fingerprint density at radius 3 is 2.61 bits per heavy atom. The molecular formula is C12H24F3N3. The monoisotopic (exact) mass is 267 g/mol. The molecule has 0 aliphatic carbocycles. The summed E-state index contributed by atoms with van der Waals surface area (Å²) >= 11 is 0. The summed E-state index contributed by atoms with van der Waals surface area (Å²) in [7, 11) is 4.06. The van der Waals surface area contributed by atoms with E-state index in [2.05, 4.69) is 15.1 Å². The fourth-order valence-corrected chi connectivity index (χ4v) is 2.60. The van der Waals surface area contributed by atoms with Crippen LogP contribution in [0.3, 0.4) is 0 Å². The minimum atomic E-state index is -4.12. The lowest BCUT2D eigenvalue weighted by atomic mass is 10.2. The van der Waals surface area contributed by atoms with Gasteiger partial charge >= 0.3 is 6.18 Å². The van der Waals surface area contributed by atoms with Gasteiger partial charge in [0.15, 0.2) is 0 Å². The highest BCUT2D eigenvalue weighted by Crippen LogP contribution is 2.20. The van der Waals surface area contributed by atoms with Crippen molar-refractivity contribution >= 4 is 0 Å². The van der Waals surface area contributed by atoms with E-state index in [1.165, 1.54) is 0 Å². The van der Waals surface area contributed by atoms with Gasteiger partial charge in [-0.1, -0.05) is 0 Å². The fourth-order valence-electron chi connectivity index (χ4n) is 2.60. The molecule has 1 saturated heterocycles. The fraction of sp³-hybridized carbons (Fsp3) is 1.00. The Morgan fingerprint density at radius 2 is 2.06 bits per heavy atom. The van der Waals surface area contributed by atoms with Gasteiger partial charge in [0, 0.05) is 25.2 Å². The molecule has 0 saturated carbocycles. The third kappa shape index (κ3) is 5.54. The lowest BCUT2D eigenvalue weighted by Crippen LogP contribution is -2.47. The molecule has 0 bridgehead atoms. The van der Waals surface area contributed by atoms with E-state index in [9.17, 15) is 13.2 Å². The quantitative estimate of drug-likeness (QED) is 0.788. The summed E-state index contributed by atoms with van der Waals surface area (Å²) < 4.78 is 36.1. The first-order valence-electron chi connectivity index (χ1n) is 6.47. The summed E-state index contributed by atoms with van der Waals surface area (Å²) in [6, 6.07) is 0.627. The molecule has 0 spiro atoms. The Kier molecular flexibility index (Phi) is 5.88. The standard InChI is InChI=1S/C12H24F3N3/c1-10(7-16-9-12(13,14)15)18-6-4-5-11(18)8-17(2)3/h10-11,16H,4-9H2,1-3H3. The maximum atomic E-state index is 12.0. The van der Waals surface area contributed by atoms with E-state index in [0.717, 1.165) is 25.9 Å². The molecule has 2 unspecified atom stereocenters. The lowest BCUT2D eigenvalue weighted by molar-refractivity contribution is -0.125. The van der Waals surface area contributed by atoms with Crippen LogP contribution >= 0.6 is 0 Å². The van der Waals surface area contributed by atoms with Crippen molar-refractivity contribution in [1.29, 1.82) is 0 Å². The topological polar surface area (TPSA) is 18.5 Å². The Hall–Kier alpha value is -0.330. The Labute approximate surface area is 107 Å². The predicted molar refractivity (Wildman–Crippen MR) is 66.7 cm³/mol. The molecule has 0 aromatic heterocycles. The molecule has 0 aromatic rings. The Balaban J connectivity index is 2.33. The maximum Gasteiger partial charge on any atom is 0.401 e. The zero-order valence-corrected chi connectivity index (χ0v) is 11.4. The zero-order valence-electron chi connectivity index (χ0n) is 11.4. The van der Waals surface area contributed by atoms with Gasteiger partial charge in [-0.15, -0.1) is 0 Å². The smallest absolute Gasteiger partial charge is 0.308 e. The van der Waals surface area contributed by atoms with Crippen LogP contribution in [0.5, 0.6) is 0 Å². The molecule has 0 aromatic carbocycles. The number of nitrogens with one attached hydrogen (secondary N) is 1. The molecule has 1 N–H and O–H groups in total. The number of likely N-dealkylation sites (tertiary alicyclic amines) is 1. The summed E-state index contributed by atoms with van der Waals surface area (Å²) in [6.07, 6.45) is -1.84. The van der Waals surface area contributed by atoms with E-state index >= 15 is 0 Å². The van der Waals surface area contributed by atoms with Crippen LogP contribution in [0.4, 0.5) is 13.2 Å². The average Bonchev–Trinajstić information content (AvgIpc) is 2.62. The van der Waals surface area contributed by atoms with Gasteiger partial charge in [0.1, 0.15) is 0 Å². The van der Waals surface area contributed by atoms with Gasteiger partial charge in [0.25, 0.3) is 0 Å². The lowest BCUT2D eigenvalue weighted by Gasteiger charge is -2.32. The molecule has 108 valence electrons. The Bertz CT molecular complexity index is 243. The van der Waals surface area contributed by atoms with Crippen molar-refractivity contribution in [1.82, 2.24) is 15.1 Å². The summed E-state index contributed by atoms with van der Waals surface area (Å²) in [5.74, 6) is 0.